The number of hydrogen-bond acceptors (Lipinski definition) is 4. The van der Waals surface area contributed by atoms with Gasteiger partial charge in [0.25, 0.3) is 0 Å². The maximum atomic E-state index is 12.7. The minimum Gasteiger partial charge on any atom is -0.341 e. The predicted molar refractivity (Wildman–Crippen MR) is 69.7 cm³/mol. The van der Waals surface area contributed by atoms with E-state index >= 15 is 0 Å². The molecule has 0 bridgehead atoms. The summed E-state index contributed by atoms with van der Waals surface area (Å²) in [7, 11) is 0. The van der Waals surface area contributed by atoms with Crippen molar-refractivity contribution in [3.63, 3.8) is 0 Å². The van der Waals surface area contributed by atoms with Crippen molar-refractivity contribution < 1.29 is 22.5 Å². The normalized spacial score (nSPS) is 15.7. The van der Waals surface area contributed by atoms with Crippen molar-refractivity contribution in [3.05, 3.63) is 35.7 Å². The first-order chi connectivity index (χ1) is 10.3. The molecule has 0 saturated carbocycles. The van der Waals surface area contributed by atoms with E-state index in [1.54, 1.807) is 4.90 Å². The van der Waals surface area contributed by atoms with Gasteiger partial charge in [0.1, 0.15) is 0 Å². The van der Waals surface area contributed by atoms with Gasteiger partial charge in [0, 0.05) is 25.6 Å². The Morgan fingerprint density at radius 3 is 2.73 bits per heavy atom. The summed E-state index contributed by atoms with van der Waals surface area (Å²) in [6.45, 7) is 2.44. The van der Waals surface area contributed by atoms with E-state index in [-0.39, 0.29) is 23.2 Å². The second kappa shape index (κ2) is 5.11. The second-order valence-electron chi connectivity index (χ2n) is 5.16. The summed E-state index contributed by atoms with van der Waals surface area (Å²) >= 11 is 0. The van der Waals surface area contributed by atoms with Gasteiger partial charge in [-0.05, 0) is 12.1 Å². The molecule has 0 aliphatic carbocycles. The maximum Gasteiger partial charge on any atom is 0.416 e. The fraction of sp³-hybridized carbons (Fsp3) is 0.357. The van der Waals surface area contributed by atoms with E-state index < -0.39 is 11.7 Å². The molecule has 1 aliphatic heterocycles. The summed E-state index contributed by atoms with van der Waals surface area (Å²) in [5, 5.41) is 3.73. The third-order valence-corrected chi connectivity index (χ3v) is 3.57. The van der Waals surface area contributed by atoms with Gasteiger partial charge in [-0.2, -0.15) is 18.2 Å². The number of carbonyl (C=O) groups is 1. The molecule has 8 heteroatoms. The van der Waals surface area contributed by atoms with Crippen LogP contribution in [0.1, 0.15) is 24.3 Å². The van der Waals surface area contributed by atoms with Crippen molar-refractivity contribution in [2.75, 3.05) is 13.1 Å². The third kappa shape index (κ3) is 2.68. The molecule has 1 amide bonds. The number of nitrogens with zero attached hydrogens (tertiary/aromatic N) is 3. The zero-order valence-corrected chi connectivity index (χ0v) is 11.6. The highest BCUT2D eigenvalue weighted by Crippen LogP contribution is 2.32. The molecule has 3 rings (SSSR count). The first-order valence-corrected chi connectivity index (χ1v) is 6.61. The standard InChI is InChI=1S/C14H12F3N3O2/c1-8(21)20-6-10(7-20)13-18-12(19-22-13)9-3-2-4-11(5-9)14(15,16)17/h2-5,10H,6-7H2,1H3. The molecule has 22 heavy (non-hydrogen) atoms. The fourth-order valence-electron chi connectivity index (χ4n) is 2.24. The molecule has 116 valence electrons. The van der Waals surface area contributed by atoms with E-state index in [2.05, 4.69) is 10.1 Å². The molecular weight excluding hydrogens is 299 g/mol. The van der Waals surface area contributed by atoms with Gasteiger partial charge in [-0.3, -0.25) is 4.79 Å². The maximum absolute atomic E-state index is 12.7. The van der Waals surface area contributed by atoms with Crippen LogP contribution < -0.4 is 0 Å². The topological polar surface area (TPSA) is 59.2 Å². The number of rotatable bonds is 2. The largest absolute Gasteiger partial charge is 0.416 e. The molecule has 0 N–H and O–H groups in total. The van der Waals surface area contributed by atoms with Gasteiger partial charge in [0.05, 0.1) is 11.5 Å². The smallest absolute Gasteiger partial charge is 0.341 e. The first-order valence-electron chi connectivity index (χ1n) is 6.61. The van der Waals surface area contributed by atoms with E-state index in [0.29, 0.717) is 19.0 Å². The van der Waals surface area contributed by atoms with Gasteiger partial charge < -0.3 is 9.42 Å². The number of carbonyl (C=O) groups excluding carboxylic acids is 1. The van der Waals surface area contributed by atoms with Gasteiger partial charge in [-0.15, -0.1) is 0 Å². The molecule has 2 aromatic rings. The lowest BCUT2D eigenvalue weighted by Gasteiger charge is -2.36. The fourth-order valence-corrected chi connectivity index (χ4v) is 2.24. The average Bonchev–Trinajstić information content (AvgIpc) is 2.85. The summed E-state index contributed by atoms with van der Waals surface area (Å²) in [6, 6.07) is 4.76. The van der Waals surface area contributed by atoms with Gasteiger partial charge in [0.2, 0.25) is 17.6 Å². The molecule has 0 spiro atoms. The van der Waals surface area contributed by atoms with E-state index in [1.807, 2.05) is 0 Å². The van der Waals surface area contributed by atoms with Crippen molar-refractivity contribution in [1.82, 2.24) is 15.0 Å². The SMILES string of the molecule is CC(=O)N1CC(c2nc(-c3cccc(C(F)(F)F)c3)no2)C1. The molecule has 0 radical (unpaired) electrons. The molecule has 1 fully saturated rings. The lowest BCUT2D eigenvalue weighted by molar-refractivity contribution is -0.137. The Bertz CT molecular complexity index is 705. The first kappa shape index (κ1) is 14.6. The van der Waals surface area contributed by atoms with E-state index in [4.69, 9.17) is 4.52 Å². The van der Waals surface area contributed by atoms with Gasteiger partial charge in [-0.1, -0.05) is 17.3 Å². The zero-order chi connectivity index (χ0) is 15.9. The molecule has 1 aromatic heterocycles. The number of halogens is 3. The van der Waals surface area contributed by atoms with Crippen LogP contribution in [0.2, 0.25) is 0 Å². The summed E-state index contributed by atoms with van der Waals surface area (Å²) in [5.41, 5.74) is -0.518. The Morgan fingerprint density at radius 2 is 2.09 bits per heavy atom. The Balaban J connectivity index is 1.79. The molecule has 0 unspecified atom stereocenters. The minimum absolute atomic E-state index is 0.0335. The number of benzene rings is 1. The van der Waals surface area contributed by atoms with Crippen molar-refractivity contribution in [1.29, 1.82) is 0 Å². The van der Waals surface area contributed by atoms with Crippen LogP contribution in [0.4, 0.5) is 13.2 Å². The lowest BCUT2D eigenvalue weighted by Crippen LogP contribution is -2.47. The number of alkyl halides is 3. The quantitative estimate of drug-likeness (QED) is 0.855. The highest BCUT2D eigenvalue weighted by atomic mass is 19.4. The van der Waals surface area contributed by atoms with Crippen molar-refractivity contribution in [2.24, 2.45) is 0 Å². The van der Waals surface area contributed by atoms with Gasteiger partial charge in [0.15, 0.2) is 0 Å². The molecule has 2 heterocycles. The molecular formula is C14H12F3N3O2. The van der Waals surface area contributed by atoms with Crippen LogP contribution in [0.3, 0.4) is 0 Å². The lowest BCUT2D eigenvalue weighted by atomic mass is 10.0. The van der Waals surface area contributed by atoms with Crippen LogP contribution in [0, 0.1) is 0 Å². The molecule has 1 aromatic carbocycles. The second-order valence-corrected chi connectivity index (χ2v) is 5.16. The summed E-state index contributed by atoms with van der Waals surface area (Å²) < 4.78 is 43.2. The summed E-state index contributed by atoms with van der Waals surface area (Å²) in [4.78, 5) is 16.9. The summed E-state index contributed by atoms with van der Waals surface area (Å²) in [5.74, 6) is 0.358. The molecule has 1 saturated heterocycles. The van der Waals surface area contributed by atoms with E-state index in [9.17, 15) is 18.0 Å². The van der Waals surface area contributed by atoms with Crippen LogP contribution in [0.15, 0.2) is 28.8 Å². The third-order valence-electron chi connectivity index (χ3n) is 3.57. The van der Waals surface area contributed by atoms with Gasteiger partial charge >= 0.3 is 6.18 Å². The molecule has 1 aliphatic rings. The number of amides is 1. The Hall–Kier alpha value is -2.38. The number of likely N-dealkylation sites (tertiary alicyclic amines) is 1. The Kier molecular flexibility index (Phi) is 3.38. The monoisotopic (exact) mass is 311 g/mol. The van der Waals surface area contributed by atoms with Crippen molar-refractivity contribution in [3.8, 4) is 11.4 Å². The number of aromatic nitrogens is 2. The van der Waals surface area contributed by atoms with Crippen LogP contribution in [-0.4, -0.2) is 34.0 Å². The van der Waals surface area contributed by atoms with Crippen LogP contribution in [-0.2, 0) is 11.0 Å². The number of hydrogen-bond donors (Lipinski definition) is 0. The van der Waals surface area contributed by atoms with E-state index in [1.165, 1.54) is 19.1 Å². The minimum atomic E-state index is -4.42. The Morgan fingerprint density at radius 1 is 1.36 bits per heavy atom. The van der Waals surface area contributed by atoms with Crippen molar-refractivity contribution >= 4 is 5.91 Å². The van der Waals surface area contributed by atoms with Gasteiger partial charge in [-0.25, -0.2) is 0 Å². The summed E-state index contributed by atoms with van der Waals surface area (Å²) in [6.07, 6.45) is -4.42. The van der Waals surface area contributed by atoms with E-state index in [0.717, 1.165) is 12.1 Å². The molecule has 0 atom stereocenters. The highest BCUT2D eigenvalue weighted by molar-refractivity contribution is 5.74. The zero-order valence-electron chi connectivity index (χ0n) is 11.6. The average molecular weight is 311 g/mol. The van der Waals surface area contributed by atoms with Crippen LogP contribution in [0.25, 0.3) is 11.4 Å². The Labute approximate surface area is 123 Å². The molecule has 5 nitrogen and oxygen atoms in total. The predicted octanol–water partition coefficient (Wildman–Crippen LogP) is 2.70. The van der Waals surface area contributed by atoms with Crippen LogP contribution >= 0.6 is 0 Å². The van der Waals surface area contributed by atoms with Crippen molar-refractivity contribution in [2.45, 2.75) is 19.0 Å². The van der Waals surface area contributed by atoms with Crippen LogP contribution in [0.5, 0.6) is 0 Å². The highest BCUT2D eigenvalue weighted by Gasteiger charge is 2.34.